The number of aryl methyl sites for hydroxylation is 1. The molecule has 1 aliphatic rings. The number of rotatable bonds is 6. The van der Waals surface area contributed by atoms with Crippen LogP contribution in [0.3, 0.4) is 0 Å². The fraction of sp³-hybridized carbons (Fsp3) is 0.364. The molecule has 1 unspecified atom stereocenters. The van der Waals surface area contributed by atoms with Crippen molar-refractivity contribution in [3.05, 3.63) is 58.6 Å². The molecule has 0 aliphatic carbocycles. The fourth-order valence-electron chi connectivity index (χ4n) is 3.64. The van der Waals surface area contributed by atoms with Crippen molar-refractivity contribution in [2.24, 2.45) is 0 Å². The van der Waals surface area contributed by atoms with Gasteiger partial charge in [0.2, 0.25) is 15.8 Å². The Labute approximate surface area is 204 Å². The fourth-order valence-corrected chi connectivity index (χ4v) is 5.98. The third-order valence-electron chi connectivity index (χ3n) is 5.51. The lowest BCUT2D eigenvalue weighted by Gasteiger charge is -2.18. The van der Waals surface area contributed by atoms with Crippen molar-refractivity contribution in [2.75, 3.05) is 13.1 Å². The molecule has 1 N–H and O–H groups in total. The van der Waals surface area contributed by atoms with Crippen LogP contribution in [0.25, 0.3) is 10.6 Å². The number of benzene rings is 1. The molecule has 1 amide bonds. The van der Waals surface area contributed by atoms with Crippen molar-refractivity contribution in [2.45, 2.75) is 43.8 Å². The molecule has 0 saturated carbocycles. The maximum Gasteiger partial charge on any atom is 0.451 e. The minimum atomic E-state index is -4.67. The normalized spacial score (nSPS) is 15.8. The highest BCUT2D eigenvalue weighted by atomic mass is 32.2. The first kappa shape index (κ1) is 25.2. The SMILES string of the molecule is Cc1cnc(-c2cc(C(=O)NC(C)c3cnc(C(F)(F)F)nc3)cc(S(=O)(=O)N3CCCC3)c2)s1. The molecule has 0 bridgehead atoms. The maximum absolute atomic E-state index is 13.2. The van der Waals surface area contributed by atoms with Gasteiger partial charge in [-0.05, 0) is 44.9 Å². The molecule has 3 heterocycles. The van der Waals surface area contributed by atoms with Crippen molar-refractivity contribution in [1.82, 2.24) is 24.6 Å². The van der Waals surface area contributed by atoms with Crippen molar-refractivity contribution < 1.29 is 26.4 Å². The van der Waals surface area contributed by atoms with E-state index in [2.05, 4.69) is 20.3 Å². The molecular formula is C22H22F3N5O3S2. The molecule has 2 aromatic heterocycles. The summed E-state index contributed by atoms with van der Waals surface area (Å²) in [6.07, 6.45) is 0.526. The lowest BCUT2D eigenvalue weighted by Crippen LogP contribution is -2.29. The molecule has 8 nitrogen and oxygen atoms in total. The van der Waals surface area contributed by atoms with Gasteiger partial charge in [-0.2, -0.15) is 17.5 Å². The molecule has 1 fully saturated rings. The highest BCUT2D eigenvalue weighted by molar-refractivity contribution is 7.89. The second-order valence-corrected chi connectivity index (χ2v) is 11.3. The van der Waals surface area contributed by atoms with Crippen molar-refractivity contribution in [1.29, 1.82) is 0 Å². The number of halogens is 3. The molecule has 1 atom stereocenters. The number of hydrogen-bond acceptors (Lipinski definition) is 7. The number of hydrogen-bond donors (Lipinski definition) is 1. The lowest BCUT2D eigenvalue weighted by atomic mass is 10.1. The number of amides is 1. The average Bonchev–Trinajstić information content (AvgIpc) is 3.51. The van der Waals surface area contributed by atoms with E-state index in [1.165, 1.54) is 27.8 Å². The largest absolute Gasteiger partial charge is 0.451 e. The van der Waals surface area contributed by atoms with Crippen LogP contribution in [0.4, 0.5) is 13.2 Å². The van der Waals surface area contributed by atoms with E-state index in [9.17, 15) is 26.4 Å². The van der Waals surface area contributed by atoms with E-state index in [4.69, 9.17) is 0 Å². The predicted octanol–water partition coefficient (Wildman–Crippen LogP) is 4.20. The van der Waals surface area contributed by atoms with E-state index in [0.717, 1.165) is 30.1 Å². The third kappa shape index (κ3) is 5.52. The Morgan fingerprint density at radius 3 is 2.31 bits per heavy atom. The molecule has 0 spiro atoms. The first-order valence-electron chi connectivity index (χ1n) is 10.7. The number of aromatic nitrogens is 3. The van der Waals surface area contributed by atoms with Gasteiger partial charge < -0.3 is 5.32 Å². The zero-order chi connectivity index (χ0) is 25.4. The molecule has 3 aromatic rings. The predicted molar refractivity (Wildman–Crippen MR) is 123 cm³/mol. The van der Waals surface area contributed by atoms with E-state index in [1.54, 1.807) is 19.2 Å². The van der Waals surface area contributed by atoms with Crippen molar-refractivity contribution in [3.63, 3.8) is 0 Å². The van der Waals surface area contributed by atoms with Gasteiger partial charge in [-0.3, -0.25) is 4.79 Å². The second-order valence-electron chi connectivity index (χ2n) is 8.17. The summed E-state index contributed by atoms with van der Waals surface area (Å²) in [5, 5.41) is 3.25. The van der Waals surface area contributed by atoms with Gasteiger partial charge in [0, 0.05) is 53.2 Å². The Kier molecular flexibility index (Phi) is 6.93. The van der Waals surface area contributed by atoms with Crippen LogP contribution < -0.4 is 5.32 Å². The number of nitrogens with zero attached hydrogens (tertiary/aromatic N) is 4. The zero-order valence-corrected chi connectivity index (χ0v) is 20.5. The molecule has 1 saturated heterocycles. The molecular weight excluding hydrogens is 503 g/mol. The first-order chi connectivity index (χ1) is 16.4. The molecule has 0 radical (unpaired) electrons. The topological polar surface area (TPSA) is 105 Å². The highest BCUT2D eigenvalue weighted by Crippen LogP contribution is 2.31. The number of sulfonamides is 1. The second kappa shape index (κ2) is 9.63. The van der Waals surface area contributed by atoms with Crippen LogP contribution in [-0.4, -0.2) is 46.7 Å². The summed E-state index contributed by atoms with van der Waals surface area (Å²) >= 11 is 1.37. The van der Waals surface area contributed by atoms with E-state index < -0.39 is 34.0 Å². The summed E-state index contributed by atoms with van der Waals surface area (Å²) in [4.78, 5) is 24.9. The van der Waals surface area contributed by atoms with Gasteiger partial charge in [0.25, 0.3) is 5.91 Å². The van der Waals surface area contributed by atoms with Crippen LogP contribution >= 0.6 is 11.3 Å². The molecule has 13 heteroatoms. The van der Waals surface area contributed by atoms with Crippen LogP contribution in [0.15, 0.2) is 41.7 Å². The number of nitrogens with one attached hydrogen (secondary N) is 1. The van der Waals surface area contributed by atoms with Gasteiger partial charge >= 0.3 is 6.18 Å². The minimum absolute atomic E-state index is 0.0135. The smallest absolute Gasteiger partial charge is 0.345 e. The summed E-state index contributed by atoms with van der Waals surface area (Å²) in [6.45, 7) is 4.26. The van der Waals surface area contributed by atoms with Crippen LogP contribution in [0.5, 0.6) is 0 Å². The van der Waals surface area contributed by atoms with E-state index >= 15 is 0 Å². The van der Waals surface area contributed by atoms with Crippen molar-refractivity contribution in [3.8, 4) is 10.6 Å². The Morgan fingerprint density at radius 2 is 1.74 bits per heavy atom. The summed E-state index contributed by atoms with van der Waals surface area (Å²) in [6, 6.07) is 3.64. The van der Waals surface area contributed by atoms with Gasteiger partial charge in [0.05, 0.1) is 10.9 Å². The standard InChI is InChI=1S/C22H22F3N5O3S2/c1-13-10-26-20(34-13)16-7-15(8-18(9-16)35(32,33)30-5-3-4-6-30)19(31)29-14(2)17-11-27-21(28-12-17)22(23,24)25/h7-12,14H,3-6H2,1-2H3,(H,29,31). The number of carbonyl (C=O) groups excluding carboxylic acids is 1. The summed E-state index contributed by atoms with van der Waals surface area (Å²) in [7, 11) is -3.81. The van der Waals surface area contributed by atoms with Gasteiger partial charge in [-0.15, -0.1) is 11.3 Å². The summed E-state index contributed by atoms with van der Waals surface area (Å²) in [5.74, 6) is -1.87. The number of carbonyl (C=O) groups is 1. The zero-order valence-electron chi connectivity index (χ0n) is 18.8. The van der Waals surface area contributed by atoms with Crippen LogP contribution in [0, 0.1) is 6.92 Å². The molecule has 1 aromatic carbocycles. The van der Waals surface area contributed by atoms with E-state index in [0.29, 0.717) is 23.7 Å². The minimum Gasteiger partial charge on any atom is -0.345 e. The van der Waals surface area contributed by atoms with E-state index in [1.807, 2.05) is 6.92 Å². The molecule has 186 valence electrons. The van der Waals surface area contributed by atoms with E-state index in [-0.39, 0.29) is 16.0 Å². The van der Waals surface area contributed by atoms with Crippen LogP contribution in [0.1, 0.15) is 52.4 Å². The van der Waals surface area contributed by atoms with Gasteiger partial charge in [-0.25, -0.2) is 23.4 Å². The molecule has 35 heavy (non-hydrogen) atoms. The Hall–Kier alpha value is -2.90. The van der Waals surface area contributed by atoms with Gasteiger partial charge in [0.15, 0.2) is 0 Å². The van der Waals surface area contributed by atoms with Crippen molar-refractivity contribution >= 4 is 27.3 Å². The van der Waals surface area contributed by atoms with Crippen LogP contribution in [-0.2, 0) is 16.2 Å². The monoisotopic (exact) mass is 525 g/mol. The van der Waals surface area contributed by atoms with Gasteiger partial charge in [-0.1, -0.05) is 0 Å². The lowest BCUT2D eigenvalue weighted by molar-refractivity contribution is -0.145. The average molecular weight is 526 g/mol. The number of thiazole rings is 1. The Morgan fingerprint density at radius 1 is 1.09 bits per heavy atom. The molecule has 4 rings (SSSR count). The highest BCUT2D eigenvalue weighted by Gasteiger charge is 2.34. The van der Waals surface area contributed by atoms with Gasteiger partial charge in [0.1, 0.15) is 5.01 Å². The summed E-state index contributed by atoms with van der Waals surface area (Å²) in [5.41, 5.74) is 0.842. The molecule has 1 aliphatic heterocycles. The maximum atomic E-state index is 13.2. The Balaban J connectivity index is 1.65. The van der Waals surface area contributed by atoms with Crippen LogP contribution in [0.2, 0.25) is 0 Å². The Bertz CT molecular complexity index is 1340. The number of alkyl halides is 3. The third-order valence-corrected chi connectivity index (χ3v) is 8.35. The quantitative estimate of drug-likeness (QED) is 0.517. The first-order valence-corrected chi connectivity index (χ1v) is 13.0. The summed E-state index contributed by atoms with van der Waals surface area (Å²) < 4.78 is 66.0.